The highest BCUT2D eigenvalue weighted by Gasteiger charge is 2.46. The fourth-order valence-electron chi connectivity index (χ4n) is 4.65. The first-order valence-electron chi connectivity index (χ1n) is 13.8. The Kier molecular flexibility index (Phi) is 10.8. The normalized spacial score (nSPS) is 16.9. The molecule has 7 nitrogen and oxygen atoms in total. The molecule has 1 aliphatic rings. The number of rotatable bonds is 14. The van der Waals surface area contributed by atoms with E-state index in [1.54, 1.807) is 23.1 Å². The number of carbonyl (C=O) groups is 2. The van der Waals surface area contributed by atoms with Crippen LogP contribution in [0, 0.1) is 6.92 Å². The van der Waals surface area contributed by atoms with Gasteiger partial charge in [0.1, 0.15) is 17.3 Å². The number of likely N-dealkylation sites (tertiary alicyclic amines) is 1. The average Bonchev–Trinajstić information content (AvgIpc) is 3.18. The minimum Gasteiger partial charge on any atom is -0.507 e. The lowest BCUT2D eigenvalue weighted by Crippen LogP contribution is -2.38. The van der Waals surface area contributed by atoms with Crippen molar-refractivity contribution in [1.82, 2.24) is 9.80 Å². The van der Waals surface area contributed by atoms with Gasteiger partial charge in [-0.1, -0.05) is 46.2 Å². The molecular formula is C31H42N2O5. The molecule has 0 spiro atoms. The molecule has 2 aromatic carbocycles. The lowest BCUT2D eigenvalue weighted by molar-refractivity contribution is -0.140. The molecule has 0 radical (unpaired) electrons. The van der Waals surface area contributed by atoms with Crippen molar-refractivity contribution in [3.8, 4) is 11.5 Å². The molecule has 1 amide bonds. The van der Waals surface area contributed by atoms with Gasteiger partial charge in [0.05, 0.1) is 24.8 Å². The Bertz CT molecular complexity index is 1120. The van der Waals surface area contributed by atoms with Crippen molar-refractivity contribution in [3.63, 3.8) is 0 Å². The van der Waals surface area contributed by atoms with Crippen molar-refractivity contribution in [2.75, 3.05) is 39.4 Å². The van der Waals surface area contributed by atoms with Gasteiger partial charge in [0.15, 0.2) is 0 Å². The highest BCUT2D eigenvalue weighted by molar-refractivity contribution is 6.46. The molecule has 1 heterocycles. The Morgan fingerprint density at radius 2 is 1.66 bits per heavy atom. The van der Waals surface area contributed by atoms with E-state index >= 15 is 0 Å². The summed E-state index contributed by atoms with van der Waals surface area (Å²) in [5.74, 6) is 0.0388. The summed E-state index contributed by atoms with van der Waals surface area (Å²) in [6.07, 6.45) is 2.90. The van der Waals surface area contributed by atoms with Crippen molar-refractivity contribution in [2.24, 2.45) is 0 Å². The number of nitrogens with zero attached hydrogens (tertiary/aromatic N) is 2. The first kappa shape index (κ1) is 29.2. The van der Waals surface area contributed by atoms with Gasteiger partial charge in [0.25, 0.3) is 11.7 Å². The van der Waals surface area contributed by atoms with Crippen LogP contribution in [0.2, 0.25) is 0 Å². The molecule has 1 fully saturated rings. The predicted molar refractivity (Wildman–Crippen MR) is 151 cm³/mol. The minimum atomic E-state index is -0.688. The van der Waals surface area contributed by atoms with Gasteiger partial charge in [0.2, 0.25) is 0 Å². The van der Waals surface area contributed by atoms with Crippen molar-refractivity contribution < 1.29 is 24.2 Å². The number of aliphatic hydroxyl groups is 1. The zero-order valence-electron chi connectivity index (χ0n) is 23.5. The zero-order chi connectivity index (χ0) is 27.7. The number of amides is 1. The Morgan fingerprint density at radius 3 is 2.26 bits per heavy atom. The van der Waals surface area contributed by atoms with Crippen LogP contribution in [0.1, 0.15) is 69.7 Å². The summed E-state index contributed by atoms with van der Waals surface area (Å²) in [7, 11) is 0. The monoisotopic (exact) mass is 522 g/mol. The fourth-order valence-corrected chi connectivity index (χ4v) is 4.65. The summed E-state index contributed by atoms with van der Waals surface area (Å²) in [6.45, 7) is 14.1. The van der Waals surface area contributed by atoms with Crippen LogP contribution >= 0.6 is 0 Å². The number of hydrogen-bond donors (Lipinski definition) is 1. The van der Waals surface area contributed by atoms with E-state index in [0.717, 1.165) is 55.0 Å². The Morgan fingerprint density at radius 1 is 0.947 bits per heavy atom. The van der Waals surface area contributed by atoms with Gasteiger partial charge in [-0.05, 0) is 74.3 Å². The summed E-state index contributed by atoms with van der Waals surface area (Å²) < 4.78 is 11.6. The maximum absolute atomic E-state index is 13.4. The van der Waals surface area contributed by atoms with Crippen molar-refractivity contribution in [2.45, 2.75) is 59.9 Å². The molecule has 38 heavy (non-hydrogen) atoms. The van der Waals surface area contributed by atoms with Crippen LogP contribution in [0.5, 0.6) is 11.5 Å². The van der Waals surface area contributed by atoms with E-state index in [4.69, 9.17) is 9.47 Å². The molecule has 3 rings (SSSR count). The lowest BCUT2D eigenvalue weighted by Gasteiger charge is -2.28. The number of likely N-dealkylation sites (N-methyl/N-ethyl adjacent to an activating group) is 1. The van der Waals surface area contributed by atoms with E-state index in [9.17, 15) is 14.7 Å². The van der Waals surface area contributed by atoms with Crippen LogP contribution in [0.25, 0.3) is 5.76 Å². The molecule has 1 N–H and O–H groups in total. The second-order valence-corrected chi connectivity index (χ2v) is 9.62. The van der Waals surface area contributed by atoms with E-state index in [0.29, 0.717) is 31.9 Å². The third-order valence-electron chi connectivity index (χ3n) is 6.96. The SMILES string of the molecule is CCCCOc1ccc(C2C(=C(O)c3ccc(OCCC)c(C)c3)C(=O)C(=O)N2CCN(CC)CC)cc1. The number of unbranched alkanes of at least 4 members (excludes halogenated alkanes) is 1. The highest BCUT2D eigenvalue weighted by atomic mass is 16.5. The first-order chi connectivity index (χ1) is 18.4. The summed E-state index contributed by atoms with van der Waals surface area (Å²) in [6, 6.07) is 12.1. The number of ketones is 1. The molecule has 2 aromatic rings. The first-order valence-corrected chi connectivity index (χ1v) is 13.8. The van der Waals surface area contributed by atoms with Gasteiger partial charge in [-0.3, -0.25) is 9.59 Å². The number of ether oxygens (including phenoxy) is 2. The fraction of sp³-hybridized carbons (Fsp3) is 0.484. The van der Waals surface area contributed by atoms with Crippen LogP contribution in [0.4, 0.5) is 0 Å². The van der Waals surface area contributed by atoms with E-state index < -0.39 is 17.7 Å². The van der Waals surface area contributed by atoms with Gasteiger partial charge >= 0.3 is 0 Å². The van der Waals surface area contributed by atoms with Crippen LogP contribution in [0.3, 0.4) is 0 Å². The molecule has 1 saturated heterocycles. The molecule has 1 aliphatic heterocycles. The van der Waals surface area contributed by atoms with Gasteiger partial charge in [0, 0.05) is 18.7 Å². The third-order valence-corrected chi connectivity index (χ3v) is 6.96. The van der Waals surface area contributed by atoms with Gasteiger partial charge < -0.3 is 24.4 Å². The maximum Gasteiger partial charge on any atom is 0.295 e. The number of aryl methyl sites for hydroxylation is 1. The van der Waals surface area contributed by atoms with E-state index in [1.165, 1.54) is 0 Å². The molecular weight excluding hydrogens is 480 g/mol. The summed E-state index contributed by atoms with van der Waals surface area (Å²) >= 11 is 0. The van der Waals surface area contributed by atoms with Crippen molar-refractivity contribution >= 4 is 17.4 Å². The highest BCUT2D eigenvalue weighted by Crippen LogP contribution is 2.40. The Hall–Kier alpha value is -3.32. The number of benzene rings is 2. The molecule has 0 bridgehead atoms. The van der Waals surface area contributed by atoms with Crippen molar-refractivity contribution in [3.05, 3.63) is 64.7 Å². The molecule has 0 saturated carbocycles. The molecule has 7 heteroatoms. The average molecular weight is 523 g/mol. The van der Waals surface area contributed by atoms with Gasteiger partial charge in [-0.25, -0.2) is 0 Å². The minimum absolute atomic E-state index is 0.107. The van der Waals surface area contributed by atoms with Crippen LogP contribution in [0.15, 0.2) is 48.0 Å². The second kappa shape index (κ2) is 14.0. The third kappa shape index (κ3) is 6.76. The Labute approximate surface area is 227 Å². The molecule has 0 aromatic heterocycles. The number of aliphatic hydroxyl groups excluding tert-OH is 1. The van der Waals surface area contributed by atoms with E-state index in [2.05, 4.69) is 25.7 Å². The summed E-state index contributed by atoms with van der Waals surface area (Å²) in [5, 5.41) is 11.4. The largest absolute Gasteiger partial charge is 0.507 e. The molecule has 1 unspecified atom stereocenters. The zero-order valence-corrected chi connectivity index (χ0v) is 23.5. The van der Waals surface area contributed by atoms with Crippen LogP contribution < -0.4 is 9.47 Å². The number of Topliss-reactive ketones (excluding diaryl/α,β-unsaturated/α-hetero) is 1. The molecule has 0 aliphatic carbocycles. The summed E-state index contributed by atoms with van der Waals surface area (Å²) in [4.78, 5) is 30.4. The second-order valence-electron chi connectivity index (χ2n) is 9.62. The Balaban J connectivity index is 2.02. The lowest BCUT2D eigenvalue weighted by atomic mass is 9.94. The van der Waals surface area contributed by atoms with Crippen molar-refractivity contribution in [1.29, 1.82) is 0 Å². The number of hydrogen-bond acceptors (Lipinski definition) is 6. The van der Waals surface area contributed by atoms with Crippen LogP contribution in [-0.4, -0.2) is 66.0 Å². The topological polar surface area (TPSA) is 79.3 Å². The van der Waals surface area contributed by atoms with E-state index in [-0.39, 0.29) is 11.3 Å². The number of carbonyl (C=O) groups excluding carboxylic acids is 2. The standard InChI is InChI=1S/C31H42N2O5/c1-6-10-20-37-25-14-11-23(12-15-25)28-27(30(35)31(36)33(28)18-17-32(8-3)9-4)29(34)24-13-16-26(22(5)21-24)38-19-7-2/h11-16,21,28,34H,6-10,17-20H2,1-5H3. The molecule has 1 atom stereocenters. The van der Waals surface area contributed by atoms with E-state index in [1.807, 2.05) is 38.1 Å². The van der Waals surface area contributed by atoms with Gasteiger partial charge in [-0.2, -0.15) is 0 Å². The van der Waals surface area contributed by atoms with Crippen LogP contribution in [-0.2, 0) is 9.59 Å². The maximum atomic E-state index is 13.4. The summed E-state index contributed by atoms with van der Waals surface area (Å²) in [5.41, 5.74) is 2.20. The predicted octanol–water partition coefficient (Wildman–Crippen LogP) is 5.73. The smallest absolute Gasteiger partial charge is 0.295 e. The quantitative estimate of drug-likeness (QED) is 0.148. The van der Waals surface area contributed by atoms with Gasteiger partial charge in [-0.15, -0.1) is 0 Å². The molecule has 206 valence electrons.